The van der Waals surface area contributed by atoms with E-state index in [0.29, 0.717) is 22.6 Å². The molecular weight excluding hydrogens is 334 g/mol. The molecule has 0 aromatic heterocycles. The van der Waals surface area contributed by atoms with Gasteiger partial charge in [-0.15, -0.1) is 0 Å². The van der Waals surface area contributed by atoms with Crippen LogP contribution in [0.3, 0.4) is 0 Å². The smallest absolute Gasteiger partial charge is 0.342 e. The van der Waals surface area contributed by atoms with Gasteiger partial charge in [-0.3, -0.25) is 4.79 Å². The number of rotatable bonds is 8. The molecule has 130 valence electrons. The number of nitrogens with two attached hydrogens (primary N) is 1. The van der Waals surface area contributed by atoms with Crippen molar-refractivity contribution in [1.82, 2.24) is 0 Å². The summed E-state index contributed by atoms with van der Waals surface area (Å²) in [5, 5.41) is 0. The lowest BCUT2D eigenvalue weighted by atomic mass is 10.1. The van der Waals surface area contributed by atoms with Gasteiger partial charge in [0.25, 0.3) is 0 Å². The van der Waals surface area contributed by atoms with E-state index in [9.17, 15) is 9.59 Å². The molecule has 0 saturated carbocycles. The highest BCUT2D eigenvalue weighted by molar-refractivity contribution is 7.80. The van der Waals surface area contributed by atoms with Gasteiger partial charge in [0.05, 0.1) is 7.11 Å². The van der Waals surface area contributed by atoms with E-state index in [-0.39, 0.29) is 25.6 Å². The fourth-order valence-corrected chi connectivity index (χ4v) is 2.20. The average molecular weight is 353 g/mol. The van der Waals surface area contributed by atoms with E-state index >= 15 is 0 Å². The lowest BCUT2D eigenvalue weighted by Crippen LogP contribution is -2.34. The first-order chi connectivity index (χ1) is 11.6. The third-order valence-electron chi connectivity index (χ3n) is 3.28. The molecule has 1 aromatic carbocycles. The summed E-state index contributed by atoms with van der Waals surface area (Å²) in [6, 6.07) is 6.26. The summed E-state index contributed by atoms with van der Waals surface area (Å²) in [7, 11) is 1.54. The molecule has 0 bridgehead atoms. The number of carbonyl (C=O) groups is 2. The number of hydrogen-bond donors (Lipinski definition) is 2. The van der Waals surface area contributed by atoms with Crippen molar-refractivity contribution in [2.75, 3.05) is 32.7 Å². The zero-order valence-corrected chi connectivity index (χ0v) is 14.1. The Kier molecular flexibility index (Phi) is 6.51. The highest BCUT2D eigenvalue weighted by atomic mass is 32.1. The van der Waals surface area contributed by atoms with Crippen LogP contribution in [-0.4, -0.2) is 50.7 Å². The molecule has 24 heavy (non-hydrogen) atoms. The van der Waals surface area contributed by atoms with Gasteiger partial charge in [0, 0.05) is 5.75 Å². The molecule has 0 radical (unpaired) electrons. The number of carbonyl (C=O) groups excluding carboxylic acids is 2. The van der Waals surface area contributed by atoms with Gasteiger partial charge >= 0.3 is 11.9 Å². The summed E-state index contributed by atoms with van der Waals surface area (Å²) in [5.74, 6) is 0.200. The fourth-order valence-electron chi connectivity index (χ4n) is 2.05. The van der Waals surface area contributed by atoms with Crippen molar-refractivity contribution in [3.63, 3.8) is 0 Å². The summed E-state index contributed by atoms with van der Waals surface area (Å²) in [5.41, 5.74) is 6.47. The van der Waals surface area contributed by atoms with E-state index in [1.165, 1.54) is 0 Å². The van der Waals surface area contributed by atoms with E-state index in [2.05, 4.69) is 12.6 Å². The van der Waals surface area contributed by atoms with Crippen molar-refractivity contribution in [2.24, 2.45) is 5.73 Å². The van der Waals surface area contributed by atoms with Crippen molar-refractivity contribution < 1.29 is 28.5 Å². The molecule has 1 aliphatic rings. The minimum absolute atomic E-state index is 0.0173. The molecule has 8 heteroatoms. The van der Waals surface area contributed by atoms with E-state index in [4.69, 9.17) is 24.7 Å². The summed E-state index contributed by atoms with van der Waals surface area (Å²) in [4.78, 5) is 23.4. The summed E-state index contributed by atoms with van der Waals surface area (Å²) in [6.45, 7) is 0.142. The van der Waals surface area contributed by atoms with Crippen LogP contribution in [0.4, 0.5) is 0 Å². The molecule has 2 N–H and O–H groups in total. The Morgan fingerprint density at radius 3 is 2.92 bits per heavy atom. The Bertz CT molecular complexity index is 645. The lowest BCUT2D eigenvalue weighted by Gasteiger charge is -2.11. The standard InChI is InChI=1S/C16H19NO6S/c1-20-11-4-2-3-10(7-11)14-13(8-23-16(14)19)21-5-6-22-15(18)12(17)9-24/h2-4,7,12,24H,5-6,8-9,17H2,1H3/t12-/m0/s1. The Balaban J connectivity index is 2.00. The number of hydrogen-bond acceptors (Lipinski definition) is 8. The molecule has 7 nitrogen and oxygen atoms in total. The number of thiol groups is 1. The van der Waals surface area contributed by atoms with Crippen molar-refractivity contribution >= 4 is 30.1 Å². The number of esters is 2. The minimum Gasteiger partial charge on any atom is -0.497 e. The van der Waals surface area contributed by atoms with Crippen LogP contribution in [0.15, 0.2) is 30.0 Å². The highest BCUT2D eigenvalue weighted by Crippen LogP contribution is 2.29. The third-order valence-corrected chi connectivity index (χ3v) is 3.67. The largest absolute Gasteiger partial charge is 0.497 e. The summed E-state index contributed by atoms with van der Waals surface area (Å²) < 4.78 is 20.7. The molecule has 1 aromatic rings. The average Bonchev–Trinajstić information content (AvgIpc) is 2.98. The minimum atomic E-state index is -0.767. The maximum Gasteiger partial charge on any atom is 0.342 e. The second-order valence-electron chi connectivity index (χ2n) is 4.91. The predicted molar refractivity (Wildman–Crippen MR) is 89.6 cm³/mol. The zero-order valence-electron chi connectivity index (χ0n) is 13.2. The van der Waals surface area contributed by atoms with Crippen molar-refractivity contribution in [3.05, 3.63) is 35.6 Å². The van der Waals surface area contributed by atoms with Gasteiger partial charge in [0.2, 0.25) is 0 Å². The quantitative estimate of drug-likeness (QED) is 0.405. The summed E-state index contributed by atoms with van der Waals surface area (Å²) in [6.07, 6.45) is 0. The van der Waals surface area contributed by atoms with Gasteiger partial charge in [-0.25, -0.2) is 4.79 Å². The monoisotopic (exact) mass is 353 g/mol. The number of cyclic esters (lactones) is 1. The molecule has 0 saturated heterocycles. The highest BCUT2D eigenvalue weighted by Gasteiger charge is 2.28. The van der Waals surface area contributed by atoms with Gasteiger partial charge in [-0.05, 0) is 17.7 Å². The fraction of sp³-hybridized carbons (Fsp3) is 0.375. The van der Waals surface area contributed by atoms with Gasteiger partial charge in [0.15, 0.2) is 0 Å². The second kappa shape index (κ2) is 8.60. The summed E-state index contributed by atoms with van der Waals surface area (Å²) >= 11 is 3.92. The maximum absolute atomic E-state index is 11.9. The zero-order chi connectivity index (χ0) is 17.5. The predicted octanol–water partition coefficient (Wildman–Crippen LogP) is 0.780. The first-order valence-electron chi connectivity index (χ1n) is 7.27. The molecule has 1 heterocycles. The van der Waals surface area contributed by atoms with Crippen LogP contribution in [0.1, 0.15) is 5.56 Å². The lowest BCUT2D eigenvalue weighted by molar-refractivity contribution is -0.145. The number of ether oxygens (including phenoxy) is 4. The van der Waals surface area contributed by atoms with Crippen LogP contribution in [0, 0.1) is 0 Å². The van der Waals surface area contributed by atoms with Gasteiger partial charge in [-0.2, -0.15) is 12.6 Å². The Morgan fingerprint density at radius 1 is 1.42 bits per heavy atom. The van der Waals surface area contributed by atoms with Crippen molar-refractivity contribution in [2.45, 2.75) is 6.04 Å². The molecule has 1 atom stereocenters. The molecule has 0 fully saturated rings. The molecule has 0 unspecified atom stereocenters. The molecular formula is C16H19NO6S. The maximum atomic E-state index is 11.9. The van der Waals surface area contributed by atoms with E-state index in [1.807, 2.05) is 0 Å². The van der Waals surface area contributed by atoms with Gasteiger partial charge in [0.1, 0.15) is 42.9 Å². The topological polar surface area (TPSA) is 97.1 Å². The van der Waals surface area contributed by atoms with Crippen LogP contribution in [0.25, 0.3) is 5.57 Å². The van der Waals surface area contributed by atoms with Crippen LogP contribution < -0.4 is 10.5 Å². The van der Waals surface area contributed by atoms with E-state index in [1.54, 1.807) is 31.4 Å². The molecule has 0 spiro atoms. The van der Waals surface area contributed by atoms with Crippen LogP contribution in [-0.2, 0) is 23.8 Å². The molecule has 0 aliphatic carbocycles. The first-order valence-corrected chi connectivity index (χ1v) is 7.90. The van der Waals surface area contributed by atoms with E-state index in [0.717, 1.165) is 0 Å². The van der Waals surface area contributed by atoms with Crippen molar-refractivity contribution in [1.29, 1.82) is 0 Å². The Labute approximate surface area is 145 Å². The second-order valence-corrected chi connectivity index (χ2v) is 5.28. The normalized spacial score (nSPS) is 15.0. The van der Waals surface area contributed by atoms with Crippen LogP contribution in [0.2, 0.25) is 0 Å². The van der Waals surface area contributed by atoms with Gasteiger partial charge < -0.3 is 24.7 Å². The molecule has 1 aliphatic heterocycles. The van der Waals surface area contributed by atoms with Crippen LogP contribution >= 0.6 is 12.6 Å². The Hall–Kier alpha value is -2.19. The molecule has 0 amide bonds. The Morgan fingerprint density at radius 2 is 2.21 bits per heavy atom. The van der Waals surface area contributed by atoms with Gasteiger partial charge in [-0.1, -0.05) is 12.1 Å². The SMILES string of the molecule is COc1cccc(C2=C(OCCOC(=O)[C@@H](N)CS)COC2=O)c1. The van der Waals surface area contributed by atoms with Crippen molar-refractivity contribution in [3.8, 4) is 5.75 Å². The molecule has 2 rings (SSSR count). The van der Waals surface area contributed by atoms with Crippen LogP contribution in [0.5, 0.6) is 5.75 Å². The number of benzene rings is 1. The third kappa shape index (κ3) is 4.42. The van der Waals surface area contributed by atoms with E-state index < -0.39 is 18.0 Å². The first kappa shape index (κ1) is 18.2. The number of methoxy groups -OCH3 is 1.